The van der Waals surface area contributed by atoms with E-state index in [1.54, 1.807) is 0 Å². The van der Waals surface area contributed by atoms with E-state index in [2.05, 4.69) is 39.2 Å². The van der Waals surface area contributed by atoms with E-state index in [1.165, 1.54) is 43.1 Å². The SMILES string of the molecule is CCN1CCC(c2nc3cccnc3n2C2CCCSC2)C1. The van der Waals surface area contributed by atoms with Crippen LogP contribution in [0.4, 0.5) is 0 Å². The van der Waals surface area contributed by atoms with Crippen LogP contribution in [0.2, 0.25) is 0 Å². The number of pyridine rings is 1. The molecule has 0 amide bonds. The van der Waals surface area contributed by atoms with Gasteiger partial charge in [-0.15, -0.1) is 0 Å². The Morgan fingerprint density at radius 3 is 3.09 bits per heavy atom. The van der Waals surface area contributed by atoms with Gasteiger partial charge in [-0.3, -0.25) is 0 Å². The Kier molecular flexibility index (Phi) is 4.09. The smallest absolute Gasteiger partial charge is 0.160 e. The summed E-state index contributed by atoms with van der Waals surface area (Å²) in [6, 6.07) is 4.70. The van der Waals surface area contributed by atoms with Crippen LogP contribution >= 0.6 is 11.8 Å². The van der Waals surface area contributed by atoms with Crippen molar-refractivity contribution in [2.75, 3.05) is 31.1 Å². The molecule has 22 heavy (non-hydrogen) atoms. The molecule has 2 aliphatic rings. The van der Waals surface area contributed by atoms with Gasteiger partial charge in [0.25, 0.3) is 0 Å². The Morgan fingerprint density at radius 1 is 1.36 bits per heavy atom. The van der Waals surface area contributed by atoms with E-state index in [-0.39, 0.29) is 0 Å². The fourth-order valence-corrected chi connectivity index (χ4v) is 4.98. The second-order valence-corrected chi connectivity index (χ2v) is 7.59. The van der Waals surface area contributed by atoms with E-state index < -0.39 is 0 Å². The maximum Gasteiger partial charge on any atom is 0.160 e. The fraction of sp³-hybridized carbons (Fsp3) is 0.647. The molecule has 0 saturated carbocycles. The van der Waals surface area contributed by atoms with Crippen molar-refractivity contribution in [2.24, 2.45) is 0 Å². The summed E-state index contributed by atoms with van der Waals surface area (Å²) in [4.78, 5) is 12.2. The number of hydrogen-bond acceptors (Lipinski definition) is 4. The average Bonchev–Trinajstić information content (AvgIpc) is 3.19. The average molecular weight is 316 g/mol. The maximum absolute atomic E-state index is 5.00. The van der Waals surface area contributed by atoms with Crippen molar-refractivity contribution < 1.29 is 0 Å². The van der Waals surface area contributed by atoms with Crippen LogP contribution in [0.25, 0.3) is 11.2 Å². The summed E-state index contributed by atoms with van der Waals surface area (Å²) in [7, 11) is 0. The Labute approximate surface area is 136 Å². The Bertz CT molecular complexity index is 647. The van der Waals surface area contributed by atoms with Gasteiger partial charge in [0.2, 0.25) is 0 Å². The van der Waals surface area contributed by atoms with Crippen molar-refractivity contribution in [1.82, 2.24) is 19.4 Å². The molecule has 0 aliphatic carbocycles. The summed E-state index contributed by atoms with van der Waals surface area (Å²) in [5, 5.41) is 0. The molecule has 2 aliphatic heterocycles. The molecular formula is C17H24N4S. The molecule has 0 spiro atoms. The van der Waals surface area contributed by atoms with Gasteiger partial charge >= 0.3 is 0 Å². The minimum atomic E-state index is 0.570. The molecule has 2 aromatic heterocycles. The molecule has 2 fully saturated rings. The second-order valence-electron chi connectivity index (χ2n) is 6.44. The van der Waals surface area contributed by atoms with Crippen LogP contribution in [0.3, 0.4) is 0 Å². The predicted octanol–water partition coefficient (Wildman–Crippen LogP) is 3.31. The highest BCUT2D eigenvalue weighted by atomic mass is 32.2. The van der Waals surface area contributed by atoms with Crippen LogP contribution < -0.4 is 0 Å². The van der Waals surface area contributed by atoms with E-state index in [4.69, 9.17) is 4.98 Å². The Morgan fingerprint density at radius 2 is 2.32 bits per heavy atom. The molecule has 4 heterocycles. The molecular weight excluding hydrogens is 292 g/mol. The molecule has 2 atom stereocenters. The third kappa shape index (κ3) is 2.54. The zero-order valence-electron chi connectivity index (χ0n) is 13.2. The molecule has 5 heteroatoms. The van der Waals surface area contributed by atoms with E-state index in [0.29, 0.717) is 12.0 Å². The number of fused-ring (bicyclic) bond motifs is 1. The topological polar surface area (TPSA) is 34.0 Å². The van der Waals surface area contributed by atoms with Crippen LogP contribution in [0.5, 0.6) is 0 Å². The lowest BCUT2D eigenvalue weighted by Crippen LogP contribution is -2.23. The standard InChI is InChI=1S/C17H24N4S/c1-2-20-9-7-13(11-20)16-19-15-6-3-8-18-17(15)21(16)14-5-4-10-22-12-14/h3,6,8,13-14H,2,4-5,7,9-12H2,1H3. The largest absolute Gasteiger partial charge is 0.308 e. The molecule has 2 unspecified atom stereocenters. The van der Waals surface area contributed by atoms with Crippen molar-refractivity contribution in [3.8, 4) is 0 Å². The zero-order chi connectivity index (χ0) is 14.9. The van der Waals surface area contributed by atoms with Gasteiger partial charge in [-0.05, 0) is 50.2 Å². The summed E-state index contributed by atoms with van der Waals surface area (Å²) in [6.07, 6.45) is 5.73. The van der Waals surface area contributed by atoms with E-state index >= 15 is 0 Å². The lowest BCUT2D eigenvalue weighted by atomic mass is 10.1. The van der Waals surface area contributed by atoms with Gasteiger partial charge in [-0.1, -0.05) is 6.92 Å². The summed E-state index contributed by atoms with van der Waals surface area (Å²) >= 11 is 2.08. The first-order chi connectivity index (χ1) is 10.9. The highest BCUT2D eigenvalue weighted by molar-refractivity contribution is 7.99. The number of imidazole rings is 1. The lowest BCUT2D eigenvalue weighted by Gasteiger charge is -2.26. The third-order valence-electron chi connectivity index (χ3n) is 5.06. The van der Waals surface area contributed by atoms with Crippen LogP contribution in [-0.4, -0.2) is 50.6 Å². The van der Waals surface area contributed by atoms with Gasteiger partial charge < -0.3 is 9.47 Å². The summed E-state index contributed by atoms with van der Waals surface area (Å²) in [5.41, 5.74) is 2.17. The lowest BCUT2D eigenvalue weighted by molar-refractivity contribution is 0.350. The number of likely N-dealkylation sites (tertiary alicyclic amines) is 1. The van der Waals surface area contributed by atoms with Crippen LogP contribution in [0.1, 0.15) is 44.0 Å². The van der Waals surface area contributed by atoms with Crippen LogP contribution in [0.15, 0.2) is 18.3 Å². The Hall–Kier alpha value is -1.07. The van der Waals surface area contributed by atoms with Gasteiger partial charge in [0.1, 0.15) is 11.3 Å². The normalized spacial score (nSPS) is 26.8. The van der Waals surface area contributed by atoms with Gasteiger partial charge in [-0.2, -0.15) is 11.8 Å². The zero-order valence-corrected chi connectivity index (χ0v) is 14.1. The number of hydrogen-bond donors (Lipinski definition) is 0. The number of aromatic nitrogens is 3. The predicted molar refractivity (Wildman–Crippen MR) is 92.6 cm³/mol. The molecule has 0 N–H and O–H groups in total. The van der Waals surface area contributed by atoms with E-state index in [0.717, 1.165) is 24.3 Å². The fourth-order valence-electron chi connectivity index (χ4n) is 3.85. The first-order valence-corrected chi connectivity index (χ1v) is 9.65. The van der Waals surface area contributed by atoms with Gasteiger partial charge in [0, 0.05) is 30.5 Å². The molecule has 2 saturated heterocycles. The van der Waals surface area contributed by atoms with Gasteiger partial charge in [0.05, 0.1) is 0 Å². The first kappa shape index (κ1) is 14.5. The van der Waals surface area contributed by atoms with E-state index in [1.807, 2.05) is 12.3 Å². The molecule has 0 aromatic carbocycles. The quantitative estimate of drug-likeness (QED) is 0.870. The monoisotopic (exact) mass is 316 g/mol. The highest BCUT2D eigenvalue weighted by Gasteiger charge is 2.30. The van der Waals surface area contributed by atoms with Crippen molar-refractivity contribution >= 4 is 22.9 Å². The summed E-state index contributed by atoms with van der Waals surface area (Å²) < 4.78 is 2.49. The van der Waals surface area contributed by atoms with Crippen LogP contribution in [-0.2, 0) is 0 Å². The second kappa shape index (κ2) is 6.20. The molecule has 4 rings (SSSR count). The van der Waals surface area contributed by atoms with E-state index in [9.17, 15) is 0 Å². The van der Waals surface area contributed by atoms with Crippen molar-refractivity contribution in [2.45, 2.75) is 38.1 Å². The minimum Gasteiger partial charge on any atom is -0.308 e. The molecule has 0 radical (unpaired) electrons. The molecule has 2 aromatic rings. The van der Waals surface area contributed by atoms with Crippen molar-refractivity contribution in [1.29, 1.82) is 0 Å². The number of rotatable bonds is 3. The molecule has 4 nitrogen and oxygen atoms in total. The Balaban J connectivity index is 1.76. The van der Waals surface area contributed by atoms with Crippen LogP contribution in [0, 0.1) is 0 Å². The number of thioether (sulfide) groups is 1. The summed E-state index contributed by atoms with van der Waals surface area (Å²) in [6.45, 7) is 5.76. The number of likely N-dealkylation sites (N-methyl/N-ethyl adjacent to an activating group) is 1. The first-order valence-electron chi connectivity index (χ1n) is 8.49. The maximum atomic E-state index is 5.00. The van der Waals surface area contributed by atoms with Crippen molar-refractivity contribution in [3.63, 3.8) is 0 Å². The van der Waals surface area contributed by atoms with Gasteiger partial charge in [-0.25, -0.2) is 9.97 Å². The highest BCUT2D eigenvalue weighted by Crippen LogP contribution is 2.35. The summed E-state index contributed by atoms with van der Waals surface area (Å²) in [5.74, 6) is 4.37. The minimum absolute atomic E-state index is 0.570. The third-order valence-corrected chi connectivity index (χ3v) is 6.26. The molecule has 0 bridgehead atoms. The van der Waals surface area contributed by atoms with Gasteiger partial charge in [0.15, 0.2) is 5.65 Å². The number of nitrogens with zero attached hydrogens (tertiary/aromatic N) is 4. The van der Waals surface area contributed by atoms with Crippen molar-refractivity contribution in [3.05, 3.63) is 24.2 Å². The molecule has 118 valence electrons.